The van der Waals surface area contributed by atoms with E-state index in [1.165, 1.54) is 0 Å². The molecule has 0 N–H and O–H groups in total. The number of hydrogen-bond acceptors (Lipinski definition) is 8. The van der Waals surface area contributed by atoms with Gasteiger partial charge in [0.25, 0.3) is 0 Å². The average molecular weight is 350 g/mol. The molecule has 21 heavy (non-hydrogen) atoms. The minimum absolute atomic E-state index is 0. The summed E-state index contributed by atoms with van der Waals surface area (Å²) >= 11 is 0. The van der Waals surface area contributed by atoms with Crippen molar-refractivity contribution in [3.05, 3.63) is 24.3 Å². The maximum atomic E-state index is 10.3. The minimum atomic E-state index is -1.41. The summed E-state index contributed by atoms with van der Waals surface area (Å²) in [5.41, 5.74) is 0. The zero-order valence-corrected chi connectivity index (χ0v) is 12.2. The van der Waals surface area contributed by atoms with Crippen LogP contribution in [0.15, 0.2) is 24.3 Å². The fourth-order valence-corrected chi connectivity index (χ4v) is 0.653. The van der Waals surface area contributed by atoms with E-state index in [4.69, 9.17) is 0 Å². The Morgan fingerprint density at radius 2 is 1.05 bits per heavy atom. The molecule has 0 aromatic carbocycles. The largest absolute Gasteiger partial charge is 2.00 e. The summed E-state index contributed by atoms with van der Waals surface area (Å²) in [5, 5.41) is 19.4. The van der Waals surface area contributed by atoms with Gasteiger partial charge in [-0.2, -0.15) is 0 Å². The molecule has 0 heterocycles. The van der Waals surface area contributed by atoms with Gasteiger partial charge in [0.2, 0.25) is 0 Å². The van der Waals surface area contributed by atoms with Crippen LogP contribution in [0.4, 0.5) is 0 Å². The Labute approximate surface area is 131 Å². The van der Waals surface area contributed by atoms with Gasteiger partial charge in [-0.3, -0.25) is 0 Å². The molecule has 0 spiro atoms. The second-order valence-corrected chi connectivity index (χ2v) is 2.81. The summed E-state index contributed by atoms with van der Waals surface area (Å²) in [4.78, 5) is 40.1. The summed E-state index contributed by atoms with van der Waals surface area (Å²) in [7, 11) is 0. The van der Waals surface area contributed by atoms with E-state index in [1.54, 1.807) is 13.8 Å². The molecule has 121 valence electrons. The zero-order chi connectivity index (χ0) is 16.0. The molecule has 0 unspecified atom stereocenters. The van der Waals surface area contributed by atoms with Crippen molar-refractivity contribution < 1.29 is 55.9 Å². The first-order chi connectivity index (χ1) is 9.33. The van der Waals surface area contributed by atoms with Gasteiger partial charge in [-0.05, 0) is 26.0 Å². The molecule has 0 amide bonds. The monoisotopic (exact) mass is 349 g/mol. The molecule has 0 aliphatic carbocycles. The Bertz CT molecular complexity index is 362. The third-order valence-electron chi connectivity index (χ3n) is 1.28. The SMILES string of the molecule is CCOC(=O)/C=C/C(=O)[O-].CCOC(=O)/C=C/C(=O)[O-].[Cu+2]. The van der Waals surface area contributed by atoms with Crippen LogP contribution in [0.2, 0.25) is 0 Å². The fourth-order valence-electron chi connectivity index (χ4n) is 0.653. The van der Waals surface area contributed by atoms with Gasteiger partial charge in [-0.15, -0.1) is 0 Å². The van der Waals surface area contributed by atoms with E-state index in [9.17, 15) is 29.4 Å². The fraction of sp³-hybridized carbons (Fsp3) is 0.333. The van der Waals surface area contributed by atoms with Gasteiger partial charge in [0, 0.05) is 12.2 Å². The van der Waals surface area contributed by atoms with Crippen molar-refractivity contribution >= 4 is 23.9 Å². The van der Waals surface area contributed by atoms with Crippen molar-refractivity contribution in [3.63, 3.8) is 0 Å². The van der Waals surface area contributed by atoms with E-state index in [-0.39, 0.29) is 30.3 Å². The van der Waals surface area contributed by atoms with Gasteiger partial charge in [0.1, 0.15) is 0 Å². The maximum Gasteiger partial charge on any atom is 2.00 e. The van der Waals surface area contributed by atoms with Crippen LogP contribution in [0.3, 0.4) is 0 Å². The second kappa shape index (κ2) is 15.9. The predicted octanol–water partition coefficient (Wildman–Crippen LogP) is -2.29. The summed E-state index contributed by atoms with van der Waals surface area (Å²) in [6.45, 7) is 3.72. The normalized spacial score (nSPS) is 9.24. The number of carboxylic acid groups (broad SMARTS) is 2. The number of hydrogen-bond donors (Lipinski definition) is 0. The van der Waals surface area contributed by atoms with Crippen LogP contribution in [0, 0.1) is 0 Å². The second-order valence-electron chi connectivity index (χ2n) is 2.81. The minimum Gasteiger partial charge on any atom is -0.545 e. The molecule has 9 heteroatoms. The molecule has 0 rings (SSSR count). The summed E-state index contributed by atoms with van der Waals surface area (Å²) < 4.78 is 8.75. The number of carboxylic acids is 2. The molecule has 1 radical (unpaired) electrons. The van der Waals surface area contributed by atoms with Crippen LogP contribution >= 0.6 is 0 Å². The van der Waals surface area contributed by atoms with Gasteiger partial charge < -0.3 is 29.3 Å². The maximum absolute atomic E-state index is 10.3. The molecule has 0 aromatic rings. The quantitative estimate of drug-likeness (QED) is 0.297. The average Bonchev–Trinajstić information content (AvgIpc) is 2.35. The first kappa shape index (κ1) is 23.9. The third kappa shape index (κ3) is 23.4. The number of ether oxygens (including phenoxy) is 2. The molecule has 0 bridgehead atoms. The molecule has 0 fully saturated rings. The van der Waals surface area contributed by atoms with Crippen molar-refractivity contribution in [2.75, 3.05) is 13.2 Å². The Morgan fingerprint density at radius 3 is 1.24 bits per heavy atom. The van der Waals surface area contributed by atoms with Gasteiger partial charge in [-0.25, -0.2) is 9.59 Å². The number of rotatable bonds is 6. The smallest absolute Gasteiger partial charge is 0.545 e. The molecule has 0 aromatic heterocycles. The molecule has 0 saturated carbocycles. The Hall–Kier alpha value is -2.12. The topological polar surface area (TPSA) is 133 Å². The van der Waals surface area contributed by atoms with Crippen LogP contribution in [0.5, 0.6) is 0 Å². The number of aliphatic carboxylic acids is 2. The van der Waals surface area contributed by atoms with E-state index in [1.807, 2.05) is 0 Å². The Kier molecular flexibility index (Phi) is 18.2. The summed E-state index contributed by atoms with van der Waals surface area (Å²) in [6.07, 6.45) is 2.85. The zero-order valence-electron chi connectivity index (χ0n) is 11.3. The molecule has 0 saturated heterocycles. The molecule has 0 atom stereocenters. The molecular formula is C12H14CuO8. The number of carbonyl (C=O) groups is 4. The van der Waals surface area contributed by atoms with E-state index in [0.717, 1.165) is 12.2 Å². The van der Waals surface area contributed by atoms with E-state index in [0.29, 0.717) is 12.2 Å². The number of carbonyl (C=O) groups excluding carboxylic acids is 4. The summed E-state index contributed by atoms with van der Waals surface area (Å²) in [6, 6.07) is 0. The van der Waals surface area contributed by atoms with Crippen molar-refractivity contribution in [2.24, 2.45) is 0 Å². The van der Waals surface area contributed by atoms with Crippen LogP contribution < -0.4 is 10.2 Å². The van der Waals surface area contributed by atoms with Crippen molar-refractivity contribution in [1.29, 1.82) is 0 Å². The van der Waals surface area contributed by atoms with Crippen molar-refractivity contribution in [3.8, 4) is 0 Å². The first-order valence-corrected chi connectivity index (χ1v) is 5.45. The predicted molar refractivity (Wildman–Crippen MR) is 61.6 cm³/mol. The molecule has 8 nitrogen and oxygen atoms in total. The van der Waals surface area contributed by atoms with Crippen LogP contribution in [-0.4, -0.2) is 37.1 Å². The first-order valence-electron chi connectivity index (χ1n) is 5.45. The van der Waals surface area contributed by atoms with E-state index < -0.39 is 23.9 Å². The van der Waals surface area contributed by atoms with Gasteiger partial charge in [-0.1, -0.05) is 0 Å². The molecule has 0 aliphatic heterocycles. The Balaban J connectivity index is -0.000000295. The molecule has 0 aliphatic rings. The van der Waals surface area contributed by atoms with E-state index in [2.05, 4.69) is 9.47 Å². The van der Waals surface area contributed by atoms with Gasteiger partial charge >= 0.3 is 29.0 Å². The van der Waals surface area contributed by atoms with Gasteiger partial charge in [0.15, 0.2) is 0 Å². The summed E-state index contributed by atoms with van der Waals surface area (Å²) in [5.74, 6) is -4.17. The van der Waals surface area contributed by atoms with Crippen molar-refractivity contribution in [1.82, 2.24) is 0 Å². The van der Waals surface area contributed by atoms with Crippen LogP contribution in [0.25, 0.3) is 0 Å². The standard InChI is InChI=1S/2C6H8O4.Cu/c2*1-2-10-6(9)4-3-5(7)8;/h2*3-4H,2H2,1H3,(H,7,8);/q;;+2/p-2/b2*4-3+;. The van der Waals surface area contributed by atoms with Gasteiger partial charge in [0.05, 0.1) is 25.2 Å². The van der Waals surface area contributed by atoms with E-state index >= 15 is 0 Å². The van der Waals surface area contributed by atoms with Crippen LogP contribution in [-0.2, 0) is 45.7 Å². The number of esters is 2. The Morgan fingerprint density at radius 1 is 0.762 bits per heavy atom. The third-order valence-corrected chi connectivity index (χ3v) is 1.28. The van der Waals surface area contributed by atoms with Crippen molar-refractivity contribution in [2.45, 2.75) is 13.8 Å². The molecular weight excluding hydrogens is 336 g/mol. The van der Waals surface area contributed by atoms with Crippen LogP contribution in [0.1, 0.15) is 13.8 Å².